The summed E-state index contributed by atoms with van der Waals surface area (Å²) >= 11 is 0. The van der Waals surface area contributed by atoms with E-state index in [1.165, 1.54) is 18.2 Å². The van der Waals surface area contributed by atoms with Crippen LogP contribution in [0.1, 0.15) is 5.76 Å². The first kappa shape index (κ1) is 14.4. The lowest BCUT2D eigenvalue weighted by Gasteiger charge is -2.14. The Bertz CT molecular complexity index is 840. The number of nitro groups is 1. The van der Waals surface area contributed by atoms with Gasteiger partial charge in [-0.1, -0.05) is 0 Å². The van der Waals surface area contributed by atoms with E-state index in [4.69, 9.17) is 4.42 Å². The Morgan fingerprint density at radius 1 is 1.17 bits per heavy atom. The number of benzene rings is 1. The first-order valence-corrected chi connectivity index (χ1v) is 6.32. The topological polar surface area (TPSA) is 106 Å². The smallest absolute Gasteiger partial charge is 0.401 e. The molecule has 0 atom stereocenters. The monoisotopic (exact) mass is 317 g/mol. The lowest BCUT2D eigenvalue weighted by atomic mass is 10.2. The molecular formula is C14H8FN3O5. The van der Waals surface area contributed by atoms with Crippen LogP contribution in [0.3, 0.4) is 0 Å². The van der Waals surface area contributed by atoms with E-state index >= 15 is 0 Å². The number of hydrazine groups is 1. The van der Waals surface area contributed by atoms with E-state index in [2.05, 4.69) is 5.43 Å². The van der Waals surface area contributed by atoms with E-state index in [0.29, 0.717) is 0 Å². The molecule has 1 aromatic heterocycles. The zero-order valence-corrected chi connectivity index (χ0v) is 11.4. The molecule has 9 heteroatoms. The van der Waals surface area contributed by atoms with Crippen LogP contribution in [0.15, 0.2) is 46.4 Å². The second-order valence-corrected chi connectivity index (χ2v) is 4.55. The maximum absolute atomic E-state index is 12.9. The van der Waals surface area contributed by atoms with Gasteiger partial charge in [0, 0.05) is 0 Å². The predicted octanol–water partition coefficient (Wildman–Crippen LogP) is 1.79. The van der Waals surface area contributed by atoms with Gasteiger partial charge in [-0.05, 0) is 36.4 Å². The molecule has 1 aliphatic heterocycles. The van der Waals surface area contributed by atoms with E-state index in [1.807, 2.05) is 0 Å². The molecule has 2 aromatic rings. The van der Waals surface area contributed by atoms with Gasteiger partial charge >= 0.3 is 5.88 Å². The van der Waals surface area contributed by atoms with Crippen LogP contribution >= 0.6 is 0 Å². The van der Waals surface area contributed by atoms with Crippen molar-refractivity contribution in [3.63, 3.8) is 0 Å². The maximum atomic E-state index is 12.9. The average Bonchev–Trinajstić information content (AvgIpc) is 3.09. The quantitative estimate of drug-likeness (QED) is 0.402. The SMILES string of the molecule is O=C1NN(c2ccc(F)cc2)C(=O)/C1=C\c1ccc([N+](=O)[O-])o1. The maximum Gasteiger partial charge on any atom is 0.433 e. The summed E-state index contributed by atoms with van der Waals surface area (Å²) in [4.78, 5) is 34.0. The molecule has 0 bridgehead atoms. The third-order valence-electron chi connectivity index (χ3n) is 3.06. The summed E-state index contributed by atoms with van der Waals surface area (Å²) < 4.78 is 17.8. The minimum absolute atomic E-state index is 0.00356. The molecule has 3 rings (SSSR count). The molecule has 2 amide bonds. The van der Waals surface area contributed by atoms with Gasteiger partial charge in [-0.3, -0.25) is 25.1 Å². The summed E-state index contributed by atoms with van der Waals surface area (Å²) in [6, 6.07) is 7.33. The van der Waals surface area contributed by atoms with E-state index < -0.39 is 28.4 Å². The molecule has 1 aliphatic rings. The lowest BCUT2D eigenvalue weighted by Crippen LogP contribution is -2.35. The predicted molar refractivity (Wildman–Crippen MR) is 75.4 cm³/mol. The normalized spacial score (nSPS) is 16.0. The summed E-state index contributed by atoms with van der Waals surface area (Å²) in [5.41, 5.74) is 2.34. The molecule has 1 N–H and O–H groups in total. The first-order valence-electron chi connectivity index (χ1n) is 6.32. The van der Waals surface area contributed by atoms with Gasteiger partial charge in [-0.25, -0.2) is 9.40 Å². The second kappa shape index (κ2) is 5.37. The third-order valence-corrected chi connectivity index (χ3v) is 3.06. The molecule has 0 radical (unpaired) electrons. The Hall–Kier alpha value is -3.49. The van der Waals surface area contributed by atoms with Gasteiger partial charge in [0.1, 0.15) is 22.1 Å². The van der Waals surface area contributed by atoms with Crippen molar-refractivity contribution >= 4 is 29.5 Å². The molecule has 8 nitrogen and oxygen atoms in total. The molecule has 0 unspecified atom stereocenters. The number of rotatable bonds is 3. The average molecular weight is 317 g/mol. The molecule has 2 heterocycles. The Kier molecular flexibility index (Phi) is 3.37. The molecule has 23 heavy (non-hydrogen) atoms. The Morgan fingerprint density at radius 2 is 1.87 bits per heavy atom. The van der Waals surface area contributed by atoms with E-state index in [1.54, 1.807) is 0 Å². The highest BCUT2D eigenvalue weighted by Gasteiger charge is 2.34. The summed E-state index contributed by atoms with van der Waals surface area (Å²) in [5, 5.41) is 11.5. The summed E-state index contributed by atoms with van der Waals surface area (Å²) in [6.45, 7) is 0. The molecule has 0 aliphatic carbocycles. The zero-order chi connectivity index (χ0) is 16.6. The van der Waals surface area contributed by atoms with Crippen molar-refractivity contribution in [1.82, 2.24) is 5.43 Å². The highest BCUT2D eigenvalue weighted by Crippen LogP contribution is 2.23. The molecule has 1 fully saturated rings. The van der Waals surface area contributed by atoms with Crippen LogP contribution in [-0.2, 0) is 9.59 Å². The summed E-state index contributed by atoms with van der Waals surface area (Å²) in [5.74, 6) is -2.36. The van der Waals surface area contributed by atoms with Crippen LogP contribution in [0.2, 0.25) is 0 Å². The molecule has 116 valence electrons. The Balaban J connectivity index is 1.90. The van der Waals surface area contributed by atoms with Crippen LogP contribution in [0.4, 0.5) is 16.0 Å². The molecule has 1 aromatic carbocycles. The van der Waals surface area contributed by atoms with Gasteiger partial charge in [0.25, 0.3) is 11.8 Å². The van der Waals surface area contributed by atoms with Crippen molar-refractivity contribution < 1.29 is 23.3 Å². The number of halogens is 1. The Labute approximate surface area is 127 Å². The Morgan fingerprint density at radius 3 is 2.48 bits per heavy atom. The number of furan rings is 1. The highest BCUT2D eigenvalue weighted by molar-refractivity contribution is 6.31. The van der Waals surface area contributed by atoms with Crippen LogP contribution in [0.25, 0.3) is 6.08 Å². The van der Waals surface area contributed by atoms with Gasteiger partial charge in [0.2, 0.25) is 0 Å². The number of carbonyl (C=O) groups excluding carboxylic acids is 2. The number of nitrogens with one attached hydrogen (secondary N) is 1. The van der Waals surface area contributed by atoms with E-state index in [0.717, 1.165) is 29.3 Å². The molecule has 0 spiro atoms. The molecular weight excluding hydrogens is 309 g/mol. The third kappa shape index (κ3) is 2.67. The summed E-state index contributed by atoms with van der Waals surface area (Å²) in [6.07, 6.45) is 1.11. The van der Waals surface area contributed by atoms with Crippen molar-refractivity contribution in [3.8, 4) is 0 Å². The van der Waals surface area contributed by atoms with Gasteiger partial charge in [-0.15, -0.1) is 0 Å². The lowest BCUT2D eigenvalue weighted by molar-refractivity contribution is -0.402. The number of hydrogen-bond donors (Lipinski definition) is 1. The second-order valence-electron chi connectivity index (χ2n) is 4.55. The standard InChI is InChI=1S/C14H8FN3O5/c15-8-1-3-9(4-2-8)17-14(20)11(13(19)16-17)7-10-5-6-12(23-10)18(21)22/h1-7H,(H,16,19)/b11-7-. The van der Waals surface area contributed by atoms with Gasteiger partial charge < -0.3 is 4.42 Å². The molecule has 0 saturated carbocycles. The van der Waals surface area contributed by atoms with Crippen molar-refractivity contribution in [2.45, 2.75) is 0 Å². The zero-order valence-electron chi connectivity index (χ0n) is 11.4. The van der Waals surface area contributed by atoms with Crippen LogP contribution in [0.5, 0.6) is 0 Å². The number of nitrogens with zero attached hydrogens (tertiary/aromatic N) is 2. The van der Waals surface area contributed by atoms with Crippen molar-refractivity contribution in [1.29, 1.82) is 0 Å². The number of anilines is 1. The highest BCUT2D eigenvalue weighted by atomic mass is 19.1. The van der Waals surface area contributed by atoms with Crippen LogP contribution in [-0.4, -0.2) is 16.7 Å². The first-order chi connectivity index (χ1) is 11.0. The number of hydrogen-bond acceptors (Lipinski definition) is 5. The number of amides is 2. The van der Waals surface area contributed by atoms with Crippen molar-refractivity contribution in [2.24, 2.45) is 0 Å². The van der Waals surface area contributed by atoms with Crippen molar-refractivity contribution in [3.05, 3.63) is 63.7 Å². The fraction of sp³-hybridized carbons (Fsp3) is 0. The van der Waals surface area contributed by atoms with Gasteiger partial charge in [0.15, 0.2) is 0 Å². The van der Waals surface area contributed by atoms with Crippen LogP contribution in [0, 0.1) is 15.9 Å². The number of carbonyl (C=O) groups is 2. The molecule has 1 saturated heterocycles. The van der Waals surface area contributed by atoms with E-state index in [-0.39, 0.29) is 17.0 Å². The van der Waals surface area contributed by atoms with E-state index in [9.17, 15) is 24.1 Å². The fourth-order valence-corrected chi connectivity index (χ4v) is 1.99. The van der Waals surface area contributed by atoms with Gasteiger partial charge in [0.05, 0.1) is 11.8 Å². The minimum atomic E-state index is -0.733. The van der Waals surface area contributed by atoms with Crippen LogP contribution < -0.4 is 10.4 Å². The van der Waals surface area contributed by atoms with Gasteiger partial charge in [-0.2, -0.15) is 0 Å². The van der Waals surface area contributed by atoms with Crippen molar-refractivity contribution in [2.75, 3.05) is 5.01 Å². The fourth-order valence-electron chi connectivity index (χ4n) is 1.99. The largest absolute Gasteiger partial charge is 0.433 e. The minimum Gasteiger partial charge on any atom is -0.401 e. The summed E-state index contributed by atoms with van der Waals surface area (Å²) in [7, 11) is 0.